The molecule has 2 N–H and O–H groups in total. The smallest absolute Gasteiger partial charge is 0.400 e. The highest BCUT2D eigenvalue weighted by atomic mass is 32.2. The molecule has 0 aromatic heterocycles. The molecule has 0 aliphatic rings. The molecular formula is C3H8N2O4S. The lowest BCUT2D eigenvalue weighted by atomic mass is 11.2. The summed E-state index contributed by atoms with van der Waals surface area (Å²) in [6, 6.07) is 0. The van der Waals surface area contributed by atoms with Gasteiger partial charge in [0.25, 0.3) is 0 Å². The number of rotatable bonds is 1. The Morgan fingerprint density at radius 1 is 1.40 bits per heavy atom. The van der Waals surface area contributed by atoms with Crippen LogP contribution in [0.15, 0.2) is 4.40 Å². The molecule has 0 saturated carbocycles. The quantitative estimate of drug-likeness (QED) is 0.395. The predicted molar refractivity (Wildman–Crippen MR) is 34.6 cm³/mol. The Balaban J connectivity index is 4.42. The lowest BCUT2D eigenvalue weighted by Crippen LogP contribution is -2.14. The van der Waals surface area contributed by atoms with Crippen LogP contribution in [-0.4, -0.2) is 28.7 Å². The summed E-state index contributed by atoms with van der Waals surface area (Å²) in [6.07, 6.45) is -0.387. The highest BCUT2D eigenvalue weighted by Crippen LogP contribution is 1.85. The molecule has 0 radical (unpaired) electrons. The van der Waals surface area contributed by atoms with Gasteiger partial charge in [0, 0.05) is 0 Å². The van der Waals surface area contributed by atoms with Crippen LogP contribution in [0, 0.1) is 0 Å². The average Bonchev–Trinajstić information content (AvgIpc) is 1.81. The van der Waals surface area contributed by atoms with E-state index in [0.717, 1.165) is 0 Å². The first-order valence-electron chi connectivity index (χ1n) is 2.20. The summed E-state index contributed by atoms with van der Waals surface area (Å²) < 4.78 is 31.9. The molecule has 0 unspecified atom stereocenters. The molecule has 0 aromatic rings. The summed E-state index contributed by atoms with van der Waals surface area (Å²) in [4.78, 5) is 0. The molecule has 7 heteroatoms. The largest absolute Gasteiger partial charge is 0.453 e. The van der Waals surface area contributed by atoms with Gasteiger partial charge in [-0.15, -0.1) is 0 Å². The SMILES string of the molecule is COC(=NS(N)(=O)=O)OC. The minimum Gasteiger partial charge on any atom is -0.453 e. The van der Waals surface area contributed by atoms with E-state index in [4.69, 9.17) is 0 Å². The molecule has 10 heavy (non-hydrogen) atoms. The van der Waals surface area contributed by atoms with Crippen molar-refractivity contribution in [1.82, 2.24) is 0 Å². The first kappa shape index (κ1) is 9.18. The Labute approximate surface area is 58.8 Å². The van der Waals surface area contributed by atoms with Gasteiger partial charge in [0.2, 0.25) is 0 Å². The molecule has 0 atom stereocenters. The number of methoxy groups -OCH3 is 2. The van der Waals surface area contributed by atoms with Gasteiger partial charge < -0.3 is 9.47 Å². The van der Waals surface area contributed by atoms with Crippen molar-refractivity contribution in [2.24, 2.45) is 9.54 Å². The topological polar surface area (TPSA) is 91.0 Å². The predicted octanol–water partition coefficient (Wildman–Crippen LogP) is -1.16. The van der Waals surface area contributed by atoms with Crippen LogP contribution in [0.3, 0.4) is 0 Å². The molecule has 60 valence electrons. The molecule has 6 nitrogen and oxygen atoms in total. The number of hydrogen-bond acceptors (Lipinski definition) is 4. The Hall–Kier alpha value is -0.820. The lowest BCUT2D eigenvalue weighted by molar-refractivity contribution is 0.244. The molecule has 0 heterocycles. The molecule has 0 bridgehead atoms. The van der Waals surface area contributed by atoms with E-state index < -0.39 is 10.2 Å². The highest BCUT2D eigenvalue weighted by molar-refractivity contribution is 7.87. The molecule has 0 fully saturated rings. The van der Waals surface area contributed by atoms with Gasteiger partial charge in [-0.3, -0.25) is 0 Å². The Bertz CT molecular complexity index is 213. The van der Waals surface area contributed by atoms with Crippen molar-refractivity contribution >= 4 is 16.3 Å². The van der Waals surface area contributed by atoms with Crippen LogP contribution in [0.5, 0.6) is 0 Å². The van der Waals surface area contributed by atoms with Gasteiger partial charge >= 0.3 is 16.3 Å². The van der Waals surface area contributed by atoms with Gasteiger partial charge in [0.1, 0.15) is 0 Å². The van der Waals surface area contributed by atoms with Crippen molar-refractivity contribution in [1.29, 1.82) is 0 Å². The minimum atomic E-state index is -3.91. The van der Waals surface area contributed by atoms with E-state index in [1.165, 1.54) is 14.2 Å². The maximum absolute atomic E-state index is 10.2. The van der Waals surface area contributed by atoms with Crippen molar-refractivity contribution in [3.05, 3.63) is 0 Å². The summed E-state index contributed by atoms with van der Waals surface area (Å²) in [5.41, 5.74) is 0. The number of hydrogen-bond donors (Lipinski definition) is 1. The van der Waals surface area contributed by atoms with Gasteiger partial charge in [-0.05, 0) is 0 Å². The average molecular weight is 168 g/mol. The molecule has 0 aliphatic carbocycles. The third-order valence-electron chi connectivity index (χ3n) is 0.551. The summed E-state index contributed by atoms with van der Waals surface area (Å²) in [5.74, 6) is 0. The van der Waals surface area contributed by atoms with E-state index in [0.29, 0.717) is 0 Å². The minimum absolute atomic E-state index is 0.387. The number of ether oxygens (including phenoxy) is 2. The van der Waals surface area contributed by atoms with Crippen molar-refractivity contribution in [2.45, 2.75) is 0 Å². The van der Waals surface area contributed by atoms with E-state index in [-0.39, 0.29) is 6.08 Å². The van der Waals surface area contributed by atoms with Crippen molar-refractivity contribution in [3.63, 3.8) is 0 Å². The van der Waals surface area contributed by atoms with E-state index in [9.17, 15) is 8.42 Å². The maximum atomic E-state index is 10.2. The Kier molecular flexibility index (Phi) is 3.10. The van der Waals surface area contributed by atoms with Crippen LogP contribution >= 0.6 is 0 Å². The monoisotopic (exact) mass is 168 g/mol. The lowest BCUT2D eigenvalue weighted by Gasteiger charge is -1.98. The summed E-state index contributed by atoms with van der Waals surface area (Å²) >= 11 is 0. The number of nitrogens with two attached hydrogens (primary N) is 1. The highest BCUT2D eigenvalue weighted by Gasteiger charge is 2.02. The summed E-state index contributed by atoms with van der Waals surface area (Å²) in [7, 11) is -1.48. The second kappa shape index (κ2) is 3.37. The first-order chi connectivity index (χ1) is 4.49. The third-order valence-corrected chi connectivity index (χ3v) is 0.955. The molecule has 0 aliphatic heterocycles. The van der Waals surface area contributed by atoms with Gasteiger partial charge in [-0.1, -0.05) is 4.40 Å². The molecule has 0 saturated heterocycles. The normalized spacial score (nSPS) is 10.3. The van der Waals surface area contributed by atoms with E-state index in [2.05, 4.69) is 19.0 Å². The molecule has 0 spiro atoms. The van der Waals surface area contributed by atoms with E-state index >= 15 is 0 Å². The van der Waals surface area contributed by atoms with Crippen LogP contribution in [-0.2, 0) is 19.7 Å². The van der Waals surface area contributed by atoms with E-state index in [1.807, 2.05) is 0 Å². The van der Waals surface area contributed by atoms with E-state index in [1.54, 1.807) is 0 Å². The van der Waals surface area contributed by atoms with Gasteiger partial charge in [-0.25, -0.2) is 5.14 Å². The van der Waals surface area contributed by atoms with Crippen LogP contribution in [0.4, 0.5) is 0 Å². The number of nitrogens with zero attached hydrogens (tertiary/aromatic N) is 1. The van der Waals surface area contributed by atoms with Crippen LogP contribution in [0.1, 0.15) is 0 Å². The van der Waals surface area contributed by atoms with Crippen LogP contribution in [0.2, 0.25) is 0 Å². The van der Waals surface area contributed by atoms with Crippen LogP contribution < -0.4 is 5.14 Å². The van der Waals surface area contributed by atoms with Crippen molar-refractivity contribution < 1.29 is 17.9 Å². The standard InChI is InChI=1S/C3H8N2O4S/c1-8-3(9-2)5-10(4,6)7/h1-2H3,(H2,4,6,7). The van der Waals surface area contributed by atoms with Gasteiger partial charge in [0.15, 0.2) is 0 Å². The molecule has 0 amide bonds. The molecular weight excluding hydrogens is 160 g/mol. The first-order valence-corrected chi connectivity index (χ1v) is 3.70. The van der Waals surface area contributed by atoms with Crippen LogP contribution in [0.25, 0.3) is 0 Å². The Morgan fingerprint density at radius 2 is 1.80 bits per heavy atom. The van der Waals surface area contributed by atoms with Gasteiger partial charge in [0.05, 0.1) is 14.2 Å². The summed E-state index contributed by atoms with van der Waals surface area (Å²) in [5, 5.41) is 4.51. The molecule has 0 aromatic carbocycles. The second-order valence-corrected chi connectivity index (χ2v) is 2.49. The zero-order valence-electron chi connectivity index (χ0n) is 5.57. The zero-order chi connectivity index (χ0) is 8.20. The fourth-order valence-electron chi connectivity index (χ4n) is 0.262. The zero-order valence-corrected chi connectivity index (χ0v) is 6.38. The fourth-order valence-corrected chi connectivity index (χ4v) is 0.619. The van der Waals surface area contributed by atoms with Gasteiger partial charge in [-0.2, -0.15) is 8.42 Å². The third kappa shape index (κ3) is 4.10. The fraction of sp³-hybridized carbons (Fsp3) is 0.667. The second-order valence-electron chi connectivity index (χ2n) is 1.28. The maximum Gasteiger partial charge on any atom is 0.400 e. The summed E-state index contributed by atoms with van der Waals surface area (Å²) in [6.45, 7) is 0. The molecule has 0 rings (SSSR count). The van der Waals surface area contributed by atoms with Crippen molar-refractivity contribution in [2.75, 3.05) is 14.2 Å². The Morgan fingerprint density at radius 3 is 1.90 bits per heavy atom. The van der Waals surface area contributed by atoms with Crippen molar-refractivity contribution in [3.8, 4) is 0 Å².